The van der Waals surface area contributed by atoms with Crippen LogP contribution in [0.3, 0.4) is 0 Å². The number of fused-ring (bicyclic) bond motifs is 1. The summed E-state index contributed by atoms with van der Waals surface area (Å²) in [5.41, 5.74) is 0.447. The topological polar surface area (TPSA) is 96.2 Å². The first-order chi connectivity index (χ1) is 15.2. The molecule has 0 saturated heterocycles. The van der Waals surface area contributed by atoms with Crippen LogP contribution in [0.25, 0.3) is 11.0 Å². The van der Waals surface area contributed by atoms with Gasteiger partial charge in [0.1, 0.15) is 23.0 Å². The molecule has 0 atom stereocenters. The predicted molar refractivity (Wildman–Crippen MR) is 119 cm³/mol. The van der Waals surface area contributed by atoms with Crippen molar-refractivity contribution in [3.8, 4) is 11.9 Å². The number of nitriles is 1. The van der Waals surface area contributed by atoms with Gasteiger partial charge in [0, 0.05) is 15.4 Å². The first-order valence-electron chi connectivity index (χ1n) is 9.57. The van der Waals surface area contributed by atoms with Crippen LogP contribution in [0.4, 0.5) is 4.39 Å². The highest BCUT2D eigenvalue weighted by atomic mass is 79.9. The van der Waals surface area contributed by atoms with Crippen LogP contribution in [0.5, 0.6) is 5.88 Å². The molecule has 0 aliphatic rings. The standard InChI is InChI=1S/C24H16BrFN2O4/c1-12-18(10-27)23(30)28(11-14-3-6-16(26)7-4-14)24(31)20(12)21(29)22-13(2)17-8-5-15(25)9-19(17)32-22/h3-9,31H,11H2,1-2H3. The van der Waals surface area contributed by atoms with Crippen LogP contribution >= 0.6 is 15.9 Å². The van der Waals surface area contributed by atoms with Crippen LogP contribution in [-0.4, -0.2) is 15.5 Å². The molecule has 2 aromatic heterocycles. The molecule has 0 radical (unpaired) electrons. The van der Waals surface area contributed by atoms with Crippen molar-refractivity contribution in [2.24, 2.45) is 0 Å². The Hall–Kier alpha value is -3.70. The van der Waals surface area contributed by atoms with Gasteiger partial charge in [-0.1, -0.05) is 28.1 Å². The highest BCUT2D eigenvalue weighted by Crippen LogP contribution is 2.32. The second-order valence-corrected chi connectivity index (χ2v) is 8.27. The van der Waals surface area contributed by atoms with Gasteiger partial charge in [-0.25, -0.2) is 4.39 Å². The summed E-state index contributed by atoms with van der Waals surface area (Å²) < 4.78 is 20.7. The predicted octanol–water partition coefficient (Wildman–Crippen LogP) is 4.97. The number of carbonyl (C=O) groups is 1. The number of pyridine rings is 1. The number of benzene rings is 2. The van der Waals surface area contributed by atoms with E-state index in [2.05, 4.69) is 15.9 Å². The molecule has 0 spiro atoms. The second kappa shape index (κ2) is 8.09. The fourth-order valence-corrected chi connectivity index (χ4v) is 4.01. The fourth-order valence-electron chi connectivity index (χ4n) is 3.67. The van der Waals surface area contributed by atoms with Crippen LogP contribution in [0.1, 0.15) is 38.4 Å². The number of carbonyl (C=O) groups excluding carboxylic acids is 1. The van der Waals surface area contributed by atoms with Gasteiger partial charge in [-0.15, -0.1) is 0 Å². The Kier molecular flexibility index (Phi) is 5.45. The lowest BCUT2D eigenvalue weighted by Crippen LogP contribution is -2.27. The highest BCUT2D eigenvalue weighted by Gasteiger charge is 2.28. The Balaban J connectivity index is 1.91. The van der Waals surface area contributed by atoms with Crippen molar-refractivity contribution >= 4 is 32.7 Å². The lowest BCUT2D eigenvalue weighted by molar-refractivity contribution is 0.101. The molecule has 0 aliphatic heterocycles. The van der Waals surface area contributed by atoms with Crippen molar-refractivity contribution in [2.45, 2.75) is 20.4 Å². The van der Waals surface area contributed by atoms with Gasteiger partial charge in [0.25, 0.3) is 5.56 Å². The van der Waals surface area contributed by atoms with Gasteiger partial charge in [-0.2, -0.15) is 5.26 Å². The maximum atomic E-state index is 13.5. The van der Waals surface area contributed by atoms with E-state index < -0.39 is 23.0 Å². The molecule has 160 valence electrons. The third-order valence-electron chi connectivity index (χ3n) is 5.39. The Labute approximate surface area is 190 Å². The van der Waals surface area contributed by atoms with Gasteiger partial charge in [-0.05, 0) is 55.3 Å². The number of aryl methyl sites for hydroxylation is 1. The normalized spacial score (nSPS) is 11.0. The van der Waals surface area contributed by atoms with Crippen LogP contribution in [0, 0.1) is 31.0 Å². The summed E-state index contributed by atoms with van der Waals surface area (Å²) >= 11 is 3.36. The molecule has 0 amide bonds. The average Bonchev–Trinajstić information content (AvgIpc) is 3.08. The largest absolute Gasteiger partial charge is 0.494 e. The molecule has 2 aromatic carbocycles. The molecule has 0 unspecified atom stereocenters. The van der Waals surface area contributed by atoms with Crippen molar-refractivity contribution in [1.82, 2.24) is 4.57 Å². The van der Waals surface area contributed by atoms with Crippen LogP contribution < -0.4 is 5.56 Å². The third-order valence-corrected chi connectivity index (χ3v) is 5.88. The summed E-state index contributed by atoms with van der Waals surface area (Å²) in [7, 11) is 0. The number of aromatic hydroxyl groups is 1. The number of halogens is 2. The van der Waals surface area contributed by atoms with Crippen molar-refractivity contribution in [3.63, 3.8) is 0 Å². The quantitative estimate of drug-likeness (QED) is 0.404. The van der Waals surface area contributed by atoms with E-state index in [9.17, 15) is 24.3 Å². The zero-order valence-electron chi connectivity index (χ0n) is 17.1. The Morgan fingerprint density at radius 2 is 1.88 bits per heavy atom. The Bertz CT molecular complexity index is 1490. The number of aromatic nitrogens is 1. The number of rotatable bonds is 4. The van der Waals surface area contributed by atoms with Crippen molar-refractivity contribution < 1.29 is 18.7 Å². The molecule has 0 aliphatic carbocycles. The molecular formula is C24H16BrFN2O4. The molecule has 0 fully saturated rings. The Morgan fingerprint density at radius 1 is 1.19 bits per heavy atom. The molecule has 6 nitrogen and oxygen atoms in total. The molecular weight excluding hydrogens is 479 g/mol. The van der Waals surface area contributed by atoms with E-state index in [-0.39, 0.29) is 29.0 Å². The molecule has 4 aromatic rings. The van der Waals surface area contributed by atoms with Crippen molar-refractivity contribution in [2.75, 3.05) is 0 Å². The van der Waals surface area contributed by atoms with Gasteiger partial charge >= 0.3 is 0 Å². The maximum Gasteiger partial charge on any atom is 0.271 e. The summed E-state index contributed by atoms with van der Waals surface area (Å²) in [6.07, 6.45) is 0. The summed E-state index contributed by atoms with van der Waals surface area (Å²) in [4.78, 5) is 26.3. The van der Waals surface area contributed by atoms with E-state index >= 15 is 0 Å². The van der Waals surface area contributed by atoms with Gasteiger partial charge in [0.2, 0.25) is 11.7 Å². The summed E-state index contributed by atoms with van der Waals surface area (Å²) in [6, 6.07) is 12.5. The van der Waals surface area contributed by atoms with Gasteiger partial charge in [0.05, 0.1) is 12.1 Å². The molecule has 0 bridgehead atoms. The van der Waals surface area contributed by atoms with Crippen molar-refractivity contribution in [3.05, 3.63) is 96.7 Å². The molecule has 32 heavy (non-hydrogen) atoms. The van der Waals surface area contributed by atoms with Crippen molar-refractivity contribution in [1.29, 1.82) is 5.26 Å². The number of ketones is 1. The summed E-state index contributed by atoms with van der Waals surface area (Å²) in [5.74, 6) is -1.67. The molecule has 4 rings (SSSR count). The number of furan rings is 1. The average molecular weight is 495 g/mol. The fraction of sp³-hybridized carbons (Fsp3) is 0.125. The second-order valence-electron chi connectivity index (χ2n) is 7.35. The van der Waals surface area contributed by atoms with Gasteiger partial charge < -0.3 is 9.52 Å². The zero-order valence-corrected chi connectivity index (χ0v) is 18.7. The lowest BCUT2D eigenvalue weighted by atomic mass is 9.98. The molecule has 8 heteroatoms. The number of nitrogens with zero attached hydrogens (tertiary/aromatic N) is 2. The van der Waals surface area contributed by atoms with E-state index in [1.165, 1.54) is 31.2 Å². The van der Waals surface area contributed by atoms with E-state index in [0.29, 0.717) is 16.7 Å². The molecule has 1 N–H and O–H groups in total. The minimum absolute atomic E-state index is 0.00682. The minimum atomic E-state index is -0.742. The zero-order chi connectivity index (χ0) is 23.2. The number of hydrogen-bond acceptors (Lipinski definition) is 5. The van der Waals surface area contributed by atoms with E-state index in [4.69, 9.17) is 4.42 Å². The summed E-state index contributed by atoms with van der Waals surface area (Å²) in [5, 5.41) is 21.2. The Morgan fingerprint density at radius 3 is 2.53 bits per heavy atom. The first-order valence-corrected chi connectivity index (χ1v) is 10.4. The lowest BCUT2D eigenvalue weighted by Gasteiger charge is -2.15. The van der Waals surface area contributed by atoms with E-state index in [1.807, 2.05) is 12.1 Å². The molecule has 2 heterocycles. The number of hydrogen-bond donors (Lipinski definition) is 1. The van der Waals surface area contributed by atoms with E-state index in [0.717, 1.165) is 14.4 Å². The monoisotopic (exact) mass is 494 g/mol. The smallest absolute Gasteiger partial charge is 0.271 e. The van der Waals surface area contributed by atoms with E-state index in [1.54, 1.807) is 19.1 Å². The third kappa shape index (κ3) is 3.51. The van der Waals surface area contributed by atoms with Gasteiger partial charge in [0.15, 0.2) is 5.76 Å². The SMILES string of the molecule is Cc1c(C(=O)c2oc3cc(Br)ccc3c2C)c(O)n(Cc2ccc(F)cc2)c(=O)c1C#N. The molecule has 0 saturated carbocycles. The van der Waals surface area contributed by atoms with Crippen LogP contribution in [0.2, 0.25) is 0 Å². The first kappa shape index (κ1) is 21.5. The van der Waals surface area contributed by atoms with Gasteiger partial charge in [-0.3, -0.25) is 14.2 Å². The minimum Gasteiger partial charge on any atom is -0.494 e. The maximum absolute atomic E-state index is 13.5. The van der Waals surface area contributed by atoms with Crippen LogP contribution in [-0.2, 0) is 6.54 Å². The summed E-state index contributed by atoms with van der Waals surface area (Å²) in [6.45, 7) is 3.01. The van der Waals surface area contributed by atoms with Crippen LogP contribution in [0.15, 0.2) is 56.1 Å². The highest BCUT2D eigenvalue weighted by molar-refractivity contribution is 9.10.